The van der Waals surface area contributed by atoms with Crippen molar-refractivity contribution >= 4 is 41.4 Å². The molecule has 0 amide bonds. The minimum Gasteiger partial charge on any atom is -0.394 e. The number of nitrogens with zero attached hydrogens (tertiary/aromatic N) is 4. The number of hydrogen-bond donors (Lipinski definition) is 9. The molecule has 2 fully saturated rings. The van der Waals surface area contributed by atoms with Crippen molar-refractivity contribution in [2.75, 3.05) is 24.7 Å². The van der Waals surface area contributed by atoms with Crippen LogP contribution in [0.2, 0.25) is 0 Å². The molecule has 37 heavy (non-hydrogen) atoms. The summed E-state index contributed by atoms with van der Waals surface area (Å²) in [5.74, 6) is 0.275. The van der Waals surface area contributed by atoms with Gasteiger partial charge >= 0.3 is 11.4 Å². The Morgan fingerprint density at radius 3 is 1.49 bits per heavy atom. The third-order valence-electron chi connectivity index (χ3n) is 5.09. The van der Waals surface area contributed by atoms with Crippen LogP contribution in [0.15, 0.2) is 34.1 Å². The lowest BCUT2D eigenvalue weighted by molar-refractivity contribution is -0.0458. The molecule has 0 aromatic carbocycles. The lowest BCUT2D eigenvalue weighted by Crippen LogP contribution is -2.27. The molecule has 0 bridgehead atoms. The molecule has 6 atom stereocenters. The molecule has 16 nitrogen and oxygen atoms in total. The summed E-state index contributed by atoms with van der Waals surface area (Å²) in [4.78, 5) is 45.8. The van der Waals surface area contributed by atoms with Gasteiger partial charge in [0.25, 0.3) is 0 Å². The second-order valence-electron chi connectivity index (χ2n) is 7.83. The highest BCUT2D eigenvalue weighted by atomic mass is 32.9. The minimum atomic E-state index is -3.11. The number of ether oxygens (including phenoxy) is 2. The predicted octanol–water partition coefficient (Wildman–Crippen LogP) is -2.94. The zero-order chi connectivity index (χ0) is 27.9. The molecule has 2 aliphatic rings. The Morgan fingerprint density at radius 1 is 0.919 bits per heavy atom. The Labute approximate surface area is 220 Å². The first-order valence-corrected chi connectivity index (χ1v) is 14.5. The Kier molecular flexibility index (Phi) is 11.6. The van der Waals surface area contributed by atoms with Gasteiger partial charge in [0, 0.05) is 25.2 Å². The van der Waals surface area contributed by atoms with Gasteiger partial charge < -0.3 is 51.2 Å². The molecule has 19 heteroatoms. The molecule has 0 aliphatic carbocycles. The summed E-state index contributed by atoms with van der Waals surface area (Å²) in [5, 5.41) is 36.9. The lowest BCUT2D eigenvalue weighted by atomic mass is 10.2. The van der Waals surface area contributed by atoms with Gasteiger partial charge in [0.1, 0.15) is 36.3 Å². The number of nitrogens with two attached hydrogens (primary N) is 2. The highest BCUT2D eigenvalue weighted by Crippen LogP contribution is 2.39. The largest absolute Gasteiger partial charge is 0.394 e. The third kappa shape index (κ3) is 9.69. The molecule has 0 spiro atoms. The molecule has 2 aliphatic heterocycles. The Hall–Kier alpha value is -1.96. The van der Waals surface area contributed by atoms with Gasteiger partial charge in [-0.15, -0.1) is 0 Å². The molecule has 208 valence electrons. The lowest BCUT2D eigenvalue weighted by Gasteiger charge is -2.13. The summed E-state index contributed by atoms with van der Waals surface area (Å²) in [5.41, 5.74) is 6.53. The fourth-order valence-electron chi connectivity index (χ4n) is 3.39. The van der Waals surface area contributed by atoms with Gasteiger partial charge in [0.05, 0.1) is 25.4 Å². The van der Waals surface area contributed by atoms with Crippen molar-refractivity contribution in [3.63, 3.8) is 0 Å². The van der Waals surface area contributed by atoms with E-state index in [1.54, 1.807) is 0 Å². The second kappa shape index (κ2) is 13.7. The van der Waals surface area contributed by atoms with E-state index in [1.165, 1.54) is 33.7 Å². The van der Waals surface area contributed by atoms with Crippen LogP contribution < -0.4 is 22.8 Å². The van der Waals surface area contributed by atoms with Crippen LogP contribution >= 0.6 is 17.9 Å². The molecule has 0 unspecified atom stereocenters. The van der Waals surface area contributed by atoms with Gasteiger partial charge in [0.15, 0.2) is 0 Å². The molecule has 0 radical (unpaired) electrons. The summed E-state index contributed by atoms with van der Waals surface area (Å²) in [6, 6.07) is 2.95. The quantitative estimate of drug-likeness (QED) is 0.129. The van der Waals surface area contributed by atoms with Crippen LogP contribution in [0.4, 0.5) is 11.6 Å². The highest BCUT2D eigenvalue weighted by Gasteiger charge is 2.35. The molecule has 2 aromatic rings. The number of rotatable bonds is 4. The molecule has 2 saturated heterocycles. The highest BCUT2D eigenvalue weighted by molar-refractivity contribution is 8.59. The van der Waals surface area contributed by atoms with Crippen molar-refractivity contribution < 1.29 is 39.7 Å². The fourth-order valence-corrected chi connectivity index (χ4v) is 3.39. The van der Waals surface area contributed by atoms with Gasteiger partial charge in [-0.1, -0.05) is 12.2 Å². The topological polar surface area (TPSA) is 262 Å². The summed E-state index contributed by atoms with van der Waals surface area (Å²) < 4.78 is 13.1. The normalized spacial score (nSPS) is 27.1. The van der Waals surface area contributed by atoms with Crippen LogP contribution in [0.25, 0.3) is 0 Å². The molecule has 0 saturated carbocycles. The maximum Gasteiger partial charge on any atom is 0.351 e. The van der Waals surface area contributed by atoms with Crippen molar-refractivity contribution in [3.8, 4) is 0 Å². The first-order valence-electron chi connectivity index (χ1n) is 10.6. The van der Waals surface area contributed by atoms with Gasteiger partial charge in [-0.2, -0.15) is 9.97 Å². The zero-order valence-corrected chi connectivity index (χ0v) is 21.8. The van der Waals surface area contributed by atoms with E-state index in [1.807, 2.05) is 0 Å². The maximum absolute atomic E-state index is 11.5. The number of aliphatic hydroxyl groups excluding tert-OH is 4. The smallest absolute Gasteiger partial charge is 0.351 e. The van der Waals surface area contributed by atoms with E-state index in [4.69, 9.17) is 40.9 Å². The van der Waals surface area contributed by atoms with Crippen molar-refractivity contribution in [3.05, 3.63) is 45.5 Å². The first-order chi connectivity index (χ1) is 17.2. The number of aromatic nitrogens is 4. The number of aliphatic hydroxyl groups is 4. The van der Waals surface area contributed by atoms with E-state index in [-0.39, 0.29) is 37.7 Å². The first kappa shape index (κ1) is 31.3. The second-order valence-corrected chi connectivity index (χ2v) is 12.9. The minimum absolute atomic E-state index is 0.138. The van der Waals surface area contributed by atoms with E-state index in [2.05, 4.69) is 34.0 Å². The summed E-state index contributed by atoms with van der Waals surface area (Å²) >= 11 is 7.07. The Bertz CT molecular complexity index is 1110. The summed E-state index contributed by atoms with van der Waals surface area (Å²) in [7, 11) is 0. The van der Waals surface area contributed by atoms with Gasteiger partial charge in [-0.05, 0) is 23.9 Å². The third-order valence-corrected chi connectivity index (χ3v) is 5.09. The van der Waals surface area contributed by atoms with Gasteiger partial charge in [-0.25, -0.2) is 9.59 Å². The Balaban J connectivity index is 0.000000221. The molecule has 4 heterocycles. The maximum atomic E-state index is 11.5. The fraction of sp³-hybridized carbons (Fsp3) is 0.556. The van der Waals surface area contributed by atoms with Crippen molar-refractivity contribution in [1.29, 1.82) is 0 Å². The van der Waals surface area contributed by atoms with Crippen molar-refractivity contribution in [1.82, 2.24) is 19.1 Å². The average Bonchev–Trinajstić information content (AvgIpc) is 3.34. The van der Waals surface area contributed by atoms with Crippen LogP contribution in [0.1, 0.15) is 25.3 Å². The van der Waals surface area contributed by atoms with Crippen molar-refractivity contribution in [2.45, 2.75) is 49.7 Å². The zero-order valence-electron chi connectivity index (χ0n) is 19.2. The number of nitrogen functional groups attached to an aromatic ring is 2. The number of thiol groups is 1. The predicted molar refractivity (Wildman–Crippen MR) is 137 cm³/mol. The average molecular weight is 585 g/mol. The van der Waals surface area contributed by atoms with E-state index in [9.17, 15) is 19.8 Å². The van der Waals surface area contributed by atoms with Crippen LogP contribution in [0.3, 0.4) is 0 Å². The molecule has 10 N–H and O–H groups in total. The van der Waals surface area contributed by atoms with E-state index in [0.717, 1.165) is 0 Å². The molecule has 2 aromatic heterocycles. The molecular weight excluding hydrogens is 555 g/mol. The number of hydrogen-bond acceptors (Lipinski definition) is 13. The SMILES string of the molecule is Nc1ccn([C@H]2C[C@H](O)[C@@H](CO)O2)c(=O)n1.Nc1ccn([C@H]2C[C@H](O)[C@@H](CO)O2)c(=O)n1.OP(O)(=S)S. The Morgan fingerprint density at radius 2 is 1.24 bits per heavy atom. The summed E-state index contributed by atoms with van der Waals surface area (Å²) in [6.07, 6.45) is -0.666. The van der Waals surface area contributed by atoms with E-state index < -0.39 is 53.9 Å². The van der Waals surface area contributed by atoms with E-state index >= 15 is 0 Å². The monoisotopic (exact) mass is 584 g/mol. The van der Waals surface area contributed by atoms with Crippen LogP contribution in [-0.4, -0.2) is 86.9 Å². The van der Waals surface area contributed by atoms with Gasteiger partial charge in [-0.3, -0.25) is 9.13 Å². The van der Waals surface area contributed by atoms with Crippen LogP contribution in [-0.2, 0) is 21.3 Å². The van der Waals surface area contributed by atoms with Gasteiger partial charge in [0.2, 0.25) is 5.69 Å². The van der Waals surface area contributed by atoms with Crippen LogP contribution in [0, 0.1) is 0 Å². The standard InChI is InChI=1S/2C9H13N3O4.H3O2PS2/c2*10-7-1-2-12(9(15)11-7)8-3-5(14)6(4-13)16-8;1-3(2,4)5/h2*1-2,5-6,8,13-14H,3-4H2,(H2,10,11,15);(H3,1,2,4,5)/t2*5-,6+,8+;/m00./s1. The number of anilines is 2. The summed E-state index contributed by atoms with van der Waals surface area (Å²) in [6.45, 7) is -0.566. The van der Waals surface area contributed by atoms with Crippen LogP contribution in [0.5, 0.6) is 0 Å². The van der Waals surface area contributed by atoms with Crippen molar-refractivity contribution in [2.24, 2.45) is 0 Å². The van der Waals surface area contributed by atoms with E-state index in [0.29, 0.717) is 0 Å². The molecule has 4 rings (SSSR count). The molecular formula is C18H29N6O10PS2.